The molecule has 2 heterocycles. The summed E-state index contributed by atoms with van der Waals surface area (Å²) >= 11 is 0. The third-order valence-electron chi connectivity index (χ3n) is 4.98. The Labute approximate surface area is 184 Å². The van der Waals surface area contributed by atoms with E-state index in [2.05, 4.69) is 16.2 Å². The Morgan fingerprint density at radius 1 is 0.969 bits per heavy atom. The normalized spacial score (nSPS) is 11.0. The molecule has 0 fully saturated rings. The zero-order chi connectivity index (χ0) is 22.7. The summed E-state index contributed by atoms with van der Waals surface area (Å²) in [6, 6.07) is 13.0. The smallest absolute Gasteiger partial charge is 0.180 e. The Hall–Kier alpha value is -4.45. The summed E-state index contributed by atoms with van der Waals surface area (Å²) < 4.78 is 23.2. The Kier molecular flexibility index (Phi) is 5.68. The number of aromatic nitrogens is 3. The van der Waals surface area contributed by atoms with Gasteiger partial charge in [0.2, 0.25) is 0 Å². The maximum atomic E-state index is 9.46. The number of H-pyrrole nitrogens is 1. The molecule has 0 saturated heterocycles. The number of fused-ring (bicyclic) bond motifs is 1. The summed E-state index contributed by atoms with van der Waals surface area (Å²) in [5, 5.41) is 12.5. The number of nitrogens with zero attached hydrogens (tertiary/aromatic N) is 4. The summed E-state index contributed by atoms with van der Waals surface area (Å²) in [5.74, 6) is 3.02. The van der Waals surface area contributed by atoms with Crippen molar-refractivity contribution in [2.45, 2.75) is 0 Å². The van der Waals surface area contributed by atoms with Gasteiger partial charge in [0.05, 0.1) is 28.4 Å². The van der Waals surface area contributed by atoms with Crippen molar-refractivity contribution in [1.82, 2.24) is 14.6 Å². The van der Waals surface area contributed by atoms with Crippen LogP contribution in [0.1, 0.15) is 11.1 Å². The van der Waals surface area contributed by atoms with Gasteiger partial charge in [-0.2, -0.15) is 5.26 Å². The first-order valence-corrected chi connectivity index (χ1v) is 9.62. The molecule has 9 heteroatoms. The van der Waals surface area contributed by atoms with Crippen LogP contribution in [0.2, 0.25) is 0 Å². The van der Waals surface area contributed by atoms with Crippen molar-refractivity contribution in [3.05, 3.63) is 53.7 Å². The van der Waals surface area contributed by atoms with E-state index in [-0.39, 0.29) is 0 Å². The molecule has 0 aliphatic rings. The molecule has 0 saturated carbocycles. The van der Waals surface area contributed by atoms with Crippen LogP contribution in [0, 0.1) is 11.3 Å². The molecule has 0 amide bonds. The zero-order valence-corrected chi connectivity index (χ0v) is 18.0. The number of nitrogens with one attached hydrogen (secondary N) is 1. The Morgan fingerprint density at radius 2 is 1.66 bits per heavy atom. The van der Waals surface area contributed by atoms with E-state index in [0.717, 1.165) is 5.56 Å². The number of methoxy groups -OCH3 is 4. The number of benzene rings is 2. The van der Waals surface area contributed by atoms with Gasteiger partial charge in [-0.15, -0.1) is 0 Å². The summed E-state index contributed by atoms with van der Waals surface area (Å²) in [6.07, 6.45) is 3.26. The van der Waals surface area contributed by atoms with Gasteiger partial charge in [0.1, 0.15) is 40.3 Å². The van der Waals surface area contributed by atoms with Crippen LogP contribution >= 0.6 is 0 Å². The fraction of sp³-hybridized carbons (Fsp3) is 0.174. The van der Waals surface area contributed by atoms with E-state index in [9.17, 15) is 5.26 Å². The van der Waals surface area contributed by atoms with Crippen molar-refractivity contribution in [3.8, 4) is 40.3 Å². The second-order valence-corrected chi connectivity index (χ2v) is 6.67. The fourth-order valence-electron chi connectivity index (χ4n) is 3.34. The molecule has 4 aromatic rings. The molecule has 0 aliphatic carbocycles. The molecule has 0 spiro atoms. The highest BCUT2D eigenvalue weighted by atomic mass is 16.5. The number of hydrogen-bond acceptors (Lipinski definition) is 7. The molecular weight excluding hydrogens is 410 g/mol. The molecule has 0 bridgehead atoms. The predicted octanol–water partition coefficient (Wildman–Crippen LogP) is 3.99. The van der Waals surface area contributed by atoms with Crippen LogP contribution in [-0.2, 0) is 0 Å². The van der Waals surface area contributed by atoms with E-state index in [1.165, 1.54) is 0 Å². The van der Waals surface area contributed by atoms with Crippen molar-refractivity contribution in [2.24, 2.45) is 4.99 Å². The lowest BCUT2D eigenvalue weighted by molar-refractivity contribution is 0.394. The number of ether oxygens (including phenoxy) is 4. The molecule has 0 atom stereocenters. The quantitative estimate of drug-likeness (QED) is 0.444. The van der Waals surface area contributed by atoms with Gasteiger partial charge in [-0.05, 0) is 24.3 Å². The van der Waals surface area contributed by atoms with Gasteiger partial charge in [0, 0.05) is 35.7 Å². The predicted molar refractivity (Wildman–Crippen MR) is 120 cm³/mol. The maximum Gasteiger partial charge on any atom is 0.180 e. The van der Waals surface area contributed by atoms with Crippen molar-refractivity contribution in [2.75, 3.05) is 28.4 Å². The third-order valence-corrected chi connectivity index (χ3v) is 4.98. The molecule has 2 aromatic heterocycles. The summed E-state index contributed by atoms with van der Waals surface area (Å²) in [6.45, 7) is 0. The average molecular weight is 431 g/mol. The maximum absolute atomic E-state index is 9.46. The van der Waals surface area contributed by atoms with Crippen molar-refractivity contribution >= 4 is 17.7 Å². The van der Waals surface area contributed by atoms with E-state index in [1.807, 2.05) is 24.3 Å². The molecule has 0 aliphatic heterocycles. The van der Waals surface area contributed by atoms with Gasteiger partial charge >= 0.3 is 0 Å². The van der Waals surface area contributed by atoms with E-state index in [1.54, 1.807) is 57.5 Å². The largest absolute Gasteiger partial charge is 0.497 e. The van der Waals surface area contributed by atoms with Gasteiger partial charge < -0.3 is 18.9 Å². The van der Waals surface area contributed by atoms with Crippen molar-refractivity contribution in [1.29, 1.82) is 5.26 Å². The van der Waals surface area contributed by atoms with Crippen LogP contribution in [0.15, 0.2) is 47.6 Å². The number of aliphatic imine (C=N–C) groups is 1. The number of hydrogen-bond donors (Lipinski definition) is 1. The van der Waals surface area contributed by atoms with E-state index >= 15 is 0 Å². The fourth-order valence-corrected chi connectivity index (χ4v) is 3.34. The molecule has 4 rings (SSSR count). The molecule has 2 aromatic carbocycles. The van der Waals surface area contributed by atoms with Gasteiger partial charge in [-0.25, -0.2) is 14.5 Å². The van der Waals surface area contributed by atoms with Crippen LogP contribution in [0.3, 0.4) is 0 Å². The molecule has 0 unspecified atom stereocenters. The minimum Gasteiger partial charge on any atom is -0.497 e. The first kappa shape index (κ1) is 20.8. The topological polar surface area (TPSA) is 106 Å². The highest BCUT2D eigenvalue weighted by Crippen LogP contribution is 2.39. The number of aromatic amines is 1. The number of nitriles is 1. The third kappa shape index (κ3) is 3.58. The van der Waals surface area contributed by atoms with Gasteiger partial charge in [0.15, 0.2) is 11.5 Å². The summed E-state index contributed by atoms with van der Waals surface area (Å²) in [7, 11) is 6.34. The Balaban J connectivity index is 1.89. The molecule has 32 heavy (non-hydrogen) atoms. The number of imidazole rings is 1. The monoisotopic (exact) mass is 431 g/mol. The minimum atomic E-state index is 0.405. The van der Waals surface area contributed by atoms with E-state index in [4.69, 9.17) is 23.9 Å². The van der Waals surface area contributed by atoms with Crippen molar-refractivity contribution < 1.29 is 18.9 Å². The second-order valence-electron chi connectivity index (χ2n) is 6.67. The lowest BCUT2D eigenvalue weighted by Crippen LogP contribution is -1.94. The minimum absolute atomic E-state index is 0.405. The highest BCUT2D eigenvalue weighted by Gasteiger charge is 2.20. The van der Waals surface area contributed by atoms with Crippen LogP contribution in [0.4, 0.5) is 5.82 Å². The van der Waals surface area contributed by atoms with Gasteiger partial charge in [-0.1, -0.05) is 0 Å². The standard InChI is InChI=1S/C23H21N5O4/c1-29-16-6-5-14(19(9-16)31-3)12-25-23-21(27-22-15(11-24)13-26-28(22)23)18-8-7-17(30-2)10-20(18)32-4/h5-10,12-13,26H,1-4H3/b25-12+. The van der Waals surface area contributed by atoms with Crippen LogP contribution in [0.5, 0.6) is 23.0 Å². The molecule has 1 N–H and O–H groups in total. The lowest BCUT2D eigenvalue weighted by atomic mass is 10.1. The van der Waals surface area contributed by atoms with E-state index in [0.29, 0.717) is 51.3 Å². The molecule has 162 valence electrons. The highest BCUT2D eigenvalue weighted by molar-refractivity contribution is 5.89. The van der Waals surface area contributed by atoms with Crippen LogP contribution in [-0.4, -0.2) is 49.3 Å². The lowest BCUT2D eigenvalue weighted by Gasteiger charge is -2.09. The molecule has 0 radical (unpaired) electrons. The van der Waals surface area contributed by atoms with Crippen molar-refractivity contribution in [3.63, 3.8) is 0 Å². The first-order chi connectivity index (χ1) is 15.6. The number of rotatable bonds is 7. The van der Waals surface area contributed by atoms with Gasteiger partial charge in [-0.3, -0.25) is 5.10 Å². The molecular formula is C23H21N5O4. The first-order valence-electron chi connectivity index (χ1n) is 9.62. The molecule has 9 nitrogen and oxygen atoms in total. The second kappa shape index (κ2) is 8.73. The Morgan fingerprint density at radius 3 is 2.31 bits per heavy atom. The van der Waals surface area contributed by atoms with Crippen LogP contribution in [0.25, 0.3) is 16.9 Å². The SMILES string of the molecule is COc1ccc(/C=N/c2c(-c3ccc(OC)cc3OC)nc3c(C#N)c[nH]n23)c(OC)c1. The summed E-state index contributed by atoms with van der Waals surface area (Å²) in [4.78, 5) is 9.38. The zero-order valence-electron chi connectivity index (χ0n) is 18.0. The van der Waals surface area contributed by atoms with Crippen LogP contribution < -0.4 is 18.9 Å². The summed E-state index contributed by atoms with van der Waals surface area (Å²) in [5.41, 5.74) is 2.89. The van der Waals surface area contributed by atoms with Gasteiger partial charge in [0.25, 0.3) is 0 Å². The Bertz CT molecular complexity index is 1350. The van der Waals surface area contributed by atoms with E-state index < -0.39 is 0 Å². The average Bonchev–Trinajstić information content (AvgIpc) is 3.41.